The van der Waals surface area contributed by atoms with E-state index in [1.54, 1.807) is 6.07 Å². The molecule has 1 amide bonds. The highest BCUT2D eigenvalue weighted by atomic mass is 16.5. The summed E-state index contributed by atoms with van der Waals surface area (Å²) in [6.45, 7) is 2.70. The van der Waals surface area contributed by atoms with Crippen LogP contribution >= 0.6 is 0 Å². The van der Waals surface area contributed by atoms with E-state index in [9.17, 15) is 14.4 Å². The number of ether oxygens (including phenoxy) is 1. The zero-order valence-corrected chi connectivity index (χ0v) is 9.93. The Bertz CT molecular complexity index is 503. The summed E-state index contributed by atoms with van der Waals surface area (Å²) in [5.41, 5.74) is 9.73. The van der Waals surface area contributed by atoms with Crippen LogP contribution in [0.2, 0.25) is 0 Å². The number of hydrogen-bond acceptors (Lipinski definition) is 7. The fraction of sp³-hybridized carbons (Fsp3) is 0.273. The Labute approximate surface area is 108 Å². The summed E-state index contributed by atoms with van der Waals surface area (Å²) in [5, 5.41) is 8.69. The van der Waals surface area contributed by atoms with Crippen molar-refractivity contribution >= 4 is 17.7 Å². The summed E-state index contributed by atoms with van der Waals surface area (Å²) >= 11 is 0. The number of nitrogens with two attached hydrogens (primary N) is 1. The predicted octanol–water partition coefficient (Wildman–Crippen LogP) is -1.38. The molecule has 1 rings (SSSR count). The molecule has 1 atom stereocenters. The molecule has 19 heavy (non-hydrogen) atoms. The number of esters is 1. The summed E-state index contributed by atoms with van der Waals surface area (Å²) in [6.07, 6.45) is 1.36. The maximum absolute atomic E-state index is 11.5. The van der Waals surface area contributed by atoms with E-state index < -0.39 is 24.3 Å². The standard InChI is InChI=1S/C11H12N4O4/c1-6(13)7(4-12)9(16)5-19-11(18)8-2-3-10(17)15-14-8/h2,7,14H,1,3,5,13H2,(H,15,17)/t7-/m0/s1. The van der Waals surface area contributed by atoms with Crippen LogP contribution in [0.1, 0.15) is 6.42 Å². The molecule has 0 spiro atoms. The number of nitriles is 1. The number of nitrogens with one attached hydrogen (secondary N) is 2. The molecule has 0 unspecified atom stereocenters. The van der Waals surface area contributed by atoms with Gasteiger partial charge < -0.3 is 10.5 Å². The average molecular weight is 264 g/mol. The van der Waals surface area contributed by atoms with Crippen LogP contribution in [0.25, 0.3) is 0 Å². The number of hydrazine groups is 1. The molecular weight excluding hydrogens is 252 g/mol. The Morgan fingerprint density at radius 2 is 2.26 bits per heavy atom. The van der Waals surface area contributed by atoms with Crippen LogP contribution in [0.5, 0.6) is 0 Å². The van der Waals surface area contributed by atoms with Gasteiger partial charge in [0.15, 0.2) is 12.4 Å². The molecule has 0 aromatic rings. The van der Waals surface area contributed by atoms with Gasteiger partial charge in [0.2, 0.25) is 5.91 Å². The van der Waals surface area contributed by atoms with Gasteiger partial charge in [0.1, 0.15) is 11.6 Å². The van der Waals surface area contributed by atoms with Crippen molar-refractivity contribution in [2.45, 2.75) is 6.42 Å². The lowest BCUT2D eigenvalue weighted by molar-refractivity contribution is -0.145. The van der Waals surface area contributed by atoms with Gasteiger partial charge in [-0.3, -0.25) is 20.4 Å². The minimum absolute atomic E-state index is 0.0208. The highest BCUT2D eigenvalue weighted by Crippen LogP contribution is 2.05. The van der Waals surface area contributed by atoms with Crippen LogP contribution in [-0.2, 0) is 19.1 Å². The number of Topliss-reactive ketones (excluding diaryl/α,β-unsaturated/α-hetero) is 1. The Balaban J connectivity index is 2.51. The molecule has 0 aromatic heterocycles. The van der Waals surface area contributed by atoms with Gasteiger partial charge in [-0.25, -0.2) is 4.79 Å². The van der Waals surface area contributed by atoms with Crippen molar-refractivity contribution in [1.82, 2.24) is 10.9 Å². The first-order valence-electron chi connectivity index (χ1n) is 5.24. The summed E-state index contributed by atoms with van der Waals surface area (Å²) in [4.78, 5) is 33.8. The van der Waals surface area contributed by atoms with Crippen LogP contribution in [-0.4, -0.2) is 24.3 Å². The number of rotatable bonds is 5. The van der Waals surface area contributed by atoms with Gasteiger partial charge in [-0.1, -0.05) is 6.58 Å². The zero-order chi connectivity index (χ0) is 14.4. The van der Waals surface area contributed by atoms with Crippen LogP contribution in [0.4, 0.5) is 0 Å². The summed E-state index contributed by atoms with van der Waals surface area (Å²) in [5.74, 6) is -2.98. The Morgan fingerprint density at radius 3 is 2.74 bits per heavy atom. The fourth-order valence-electron chi connectivity index (χ4n) is 1.23. The SMILES string of the molecule is C=C(N)[C@H](C#N)C(=O)COC(=O)C1=CCC(=O)NN1. The molecule has 1 heterocycles. The first kappa shape index (κ1) is 14.2. The van der Waals surface area contributed by atoms with Crippen LogP contribution < -0.4 is 16.6 Å². The first-order valence-corrected chi connectivity index (χ1v) is 5.24. The second-order valence-corrected chi connectivity index (χ2v) is 3.67. The third kappa shape index (κ3) is 3.85. The van der Waals surface area contributed by atoms with E-state index in [0.717, 1.165) is 0 Å². The molecule has 4 N–H and O–H groups in total. The van der Waals surface area contributed by atoms with E-state index >= 15 is 0 Å². The maximum atomic E-state index is 11.5. The molecule has 0 bridgehead atoms. The molecule has 0 saturated carbocycles. The minimum atomic E-state index is -1.21. The van der Waals surface area contributed by atoms with Crippen molar-refractivity contribution in [3.63, 3.8) is 0 Å². The lowest BCUT2D eigenvalue weighted by Crippen LogP contribution is -2.42. The average Bonchev–Trinajstić information content (AvgIpc) is 2.37. The van der Waals surface area contributed by atoms with Crippen molar-refractivity contribution in [3.05, 3.63) is 24.0 Å². The molecule has 100 valence electrons. The van der Waals surface area contributed by atoms with Crippen molar-refractivity contribution in [3.8, 4) is 6.07 Å². The molecule has 0 fully saturated rings. The van der Waals surface area contributed by atoms with Gasteiger partial charge in [0, 0.05) is 12.1 Å². The molecule has 8 nitrogen and oxygen atoms in total. The number of ketones is 1. The molecule has 0 aliphatic carbocycles. The predicted molar refractivity (Wildman–Crippen MR) is 62.4 cm³/mol. The van der Waals surface area contributed by atoms with Gasteiger partial charge in [-0.15, -0.1) is 0 Å². The van der Waals surface area contributed by atoms with Crippen molar-refractivity contribution < 1.29 is 19.1 Å². The Morgan fingerprint density at radius 1 is 1.58 bits per heavy atom. The van der Waals surface area contributed by atoms with Crippen LogP contribution in [0, 0.1) is 17.2 Å². The van der Waals surface area contributed by atoms with E-state index in [0.29, 0.717) is 0 Å². The third-order valence-corrected chi connectivity index (χ3v) is 2.22. The highest BCUT2D eigenvalue weighted by Gasteiger charge is 2.22. The zero-order valence-electron chi connectivity index (χ0n) is 9.93. The highest BCUT2D eigenvalue weighted by molar-refractivity contribution is 5.94. The molecule has 0 saturated heterocycles. The van der Waals surface area contributed by atoms with Crippen molar-refractivity contribution in [2.75, 3.05) is 6.61 Å². The lowest BCUT2D eigenvalue weighted by atomic mass is 10.0. The maximum Gasteiger partial charge on any atom is 0.356 e. The largest absolute Gasteiger partial charge is 0.453 e. The van der Waals surface area contributed by atoms with Gasteiger partial charge in [-0.2, -0.15) is 5.26 Å². The quantitative estimate of drug-likeness (QED) is 0.521. The van der Waals surface area contributed by atoms with Gasteiger partial charge in [0.25, 0.3) is 0 Å². The molecule has 1 aliphatic rings. The molecular formula is C11H12N4O4. The summed E-state index contributed by atoms with van der Waals surface area (Å²) in [7, 11) is 0. The van der Waals surface area contributed by atoms with Crippen molar-refractivity contribution in [2.24, 2.45) is 11.7 Å². The fourth-order valence-corrected chi connectivity index (χ4v) is 1.23. The smallest absolute Gasteiger partial charge is 0.356 e. The number of carbonyl (C=O) groups excluding carboxylic acids is 3. The third-order valence-electron chi connectivity index (χ3n) is 2.22. The van der Waals surface area contributed by atoms with E-state index in [-0.39, 0.29) is 23.7 Å². The monoisotopic (exact) mass is 264 g/mol. The molecule has 0 aromatic carbocycles. The van der Waals surface area contributed by atoms with E-state index in [1.165, 1.54) is 6.08 Å². The normalized spacial score (nSPS) is 15.1. The molecule has 1 aliphatic heterocycles. The molecule has 8 heteroatoms. The van der Waals surface area contributed by atoms with Gasteiger partial charge in [0.05, 0.1) is 6.07 Å². The molecule has 0 radical (unpaired) electrons. The number of hydrogen-bond donors (Lipinski definition) is 3. The van der Waals surface area contributed by atoms with Crippen LogP contribution in [0.15, 0.2) is 24.0 Å². The van der Waals surface area contributed by atoms with E-state index in [4.69, 9.17) is 15.7 Å². The minimum Gasteiger partial charge on any atom is -0.453 e. The van der Waals surface area contributed by atoms with E-state index in [1.807, 2.05) is 0 Å². The Hall–Kier alpha value is -2.82. The number of amides is 1. The summed E-state index contributed by atoms with van der Waals surface area (Å²) in [6, 6.07) is 1.66. The van der Waals surface area contributed by atoms with Gasteiger partial charge in [-0.05, 0) is 6.08 Å². The number of allylic oxidation sites excluding steroid dienone is 1. The Kier molecular flexibility index (Phi) is 4.65. The topological polar surface area (TPSA) is 134 Å². The van der Waals surface area contributed by atoms with Crippen LogP contribution in [0.3, 0.4) is 0 Å². The second kappa shape index (κ2) is 6.20. The second-order valence-electron chi connectivity index (χ2n) is 3.67. The van der Waals surface area contributed by atoms with Crippen molar-refractivity contribution in [1.29, 1.82) is 5.26 Å². The van der Waals surface area contributed by atoms with E-state index in [2.05, 4.69) is 17.4 Å². The number of nitrogens with zero attached hydrogens (tertiary/aromatic N) is 1. The number of carbonyl (C=O) groups is 3. The van der Waals surface area contributed by atoms with Gasteiger partial charge >= 0.3 is 5.97 Å². The lowest BCUT2D eigenvalue weighted by Gasteiger charge is -2.15. The first-order chi connectivity index (χ1) is 8.95. The summed E-state index contributed by atoms with van der Waals surface area (Å²) < 4.78 is 4.69.